The van der Waals surface area contributed by atoms with E-state index in [9.17, 15) is 62.3 Å². The van der Waals surface area contributed by atoms with Gasteiger partial charge in [-0.15, -0.1) is 21.9 Å². The van der Waals surface area contributed by atoms with E-state index in [0.717, 1.165) is 0 Å². The molecule has 2 nitrogen and oxygen atoms in total. The van der Waals surface area contributed by atoms with E-state index in [4.69, 9.17) is 0 Å². The van der Waals surface area contributed by atoms with Crippen LogP contribution in [0.25, 0.3) is 0 Å². The summed E-state index contributed by atoms with van der Waals surface area (Å²) in [4.78, 5) is 23.1. The minimum absolute atomic E-state index is 0.0500. The van der Waals surface area contributed by atoms with E-state index in [-0.39, 0.29) is 22.5 Å². The molecule has 0 N–H and O–H groups in total. The number of benzene rings is 5. The summed E-state index contributed by atoms with van der Waals surface area (Å²) in [5.74, 6) is -70.9. The third-order valence-corrected chi connectivity index (χ3v) is 9.57. The topological polar surface area (TPSA) is 34.1 Å². The molecule has 320 valence electrons. The van der Waals surface area contributed by atoms with Crippen molar-refractivity contribution in [2.45, 2.75) is 6.92 Å². The molecule has 0 radical (unpaired) electrons. The summed E-state index contributed by atoms with van der Waals surface area (Å²) in [5.41, 5.74) is -13.2. The summed E-state index contributed by atoms with van der Waals surface area (Å²) >= 11 is 0. The van der Waals surface area contributed by atoms with Crippen molar-refractivity contribution in [2.24, 2.45) is 0 Å². The Labute approximate surface area is 324 Å². The Kier molecular flexibility index (Phi) is 13.5. The van der Waals surface area contributed by atoms with Crippen molar-refractivity contribution in [3.8, 4) is 0 Å². The first kappa shape index (κ1) is 47.1. The molecule has 0 bridgehead atoms. The van der Waals surface area contributed by atoms with Crippen LogP contribution in [0.1, 0.15) is 27.6 Å². The van der Waals surface area contributed by atoms with Crippen LogP contribution in [-0.4, -0.2) is 36.0 Å². The molecule has 0 fully saturated rings. The highest BCUT2D eigenvalue weighted by Gasteiger charge is 2.52. The highest BCUT2D eigenvalue weighted by molar-refractivity contribution is 7.96. The van der Waals surface area contributed by atoms with Gasteiger partial charge in [-0.2, -0.15) is 0 Å². The molecule has 0 amide bonds. The number of hydrogen-bond acceptors (Lipinski definition) is 2. The normalized spacial score (nSPS) is 11.6. The fourth-order valence-corrected chi connectivity index (χ4v) is 6.93. The summed E-state index contributed by atoms with van der Waals surface area (Å²) in [6.07, 6.45) is -3.17. The van der Waals surface area contributed by atoms with Crippen molar-refractivity contribution >= 4 is 50.5 Å². The Hall–Kier alpha value is -5.55. The van der Waals surface area contributed by atoms with Gasteiger partial charge in [0.2, 0.25) is 5.78 Å². The molecule has 0 unspecified atom stereocenters. The molecule has 5 aromatic carbocycles. The van der Waals surface area contributed by atoms with E-state index in [0.29, 0.717) is 16.9 Å². The summed E-state index contributed by atoms with van der Waals surface area (Å²) in [7, 11) is 0.0715. The van der Waals surface area contributed by atoms with Crippen LogP contribution < -0.4 is 21.9 Å². The molecule has 0 atom stereocenters. The van der Waals surface area contributed by atoms with E-state index in [2.05, 4.69) is 0 Å². The summed E-state index contributed by atoms with van der Waals surface area (Å²) in [6, 6.07) is 7.01. The van der Waals surface area contributed by atoms with Gasteiger partial charge in [-0.1, -0.05) is 24.3 Å². The lowest BCUT2D eigenvalue weighted by molar-refractivity contribution is 0.0983. The van der Waals surface area contributed by atoms with Crippen LogP contribution in [-0.2, 0) is 10.9 Å². The van der Waals surface area contributed by atoms with Crippen LogP contribution >= 0.6 is 0 Å². The molecule has 0 aliphatic carbocycles. The van der Waals surface area contributed by atoms with Gasteiger partial charge in [-0.3, -0.25) is 9.59 Å². The van der Waals surface area contributed by atoms with Crippen LogP contribution in [0.2, 0.25) is 0 Å². The summed E-state index contributed by atoms with van der Waals surface area (Å²) in [5, 5.41) is 0. The van der Waals surface area contributed by atoms with Crippen LogP contribution in [0.4, 0.5) is 87.8 Å². The first-order valence-corrected chi connectivity index (χ1v) is 17.8. The smallest absolute Gasteiger partial charge is 0.212 e. The highest BCUT2D eigenvalue weighted by Crippen LogP contribution is 2.30. The maximum Gasteiger partial charge on any atom is 0.212 e. The van der Waals surface area contributed by atoms with Crippen molar-refractivity contribution in [3.05, 3.63) is 152 Å². The minimum atomic E-state index is -7.22. The van der Waals surface area contributed by atoms with E-state index >= 15 is 35.1 Å². The molecule has 5 rings (SSSR count). The SMILES string of the molecule is CC(=O)c1ccccc1C(=O)C[S+](C)C.Fc1c(F)c(F)c([B-](c2c(F)c(F)c(F)c(F)c2F)(c2c(F)c(F)c(F)c(F)c2F)c2c(F)c(F)c(F)c(F)c2F)c(F)c1F. The van der Waals surface area contributed by atoms with Gasteiger partial charge in [0.25, 0.3) is 0 Å². The quantitative estimate of drug-likeness (QED) is 0.0399. The lowest BCUT2D eigenvalue weighted by atomic mass is 9.12. The largest absolute Gasteiger partial charge is 0.294 e. The third kappa shape index (κ3) is 7.35. The van der Waals surface area contributed by atoms with E-state index < -0.39 is 144 Å². The Morgan fingerprint density at radius 3 is 0.783 bits per heavy atom. The van der Waals surface area contributed by atoms with Gasteiger partial charge in [0.1, 0.15) is 52.7 Å². The lowest BCUT2D eigenvalue weighted by Crippen LogP contribution is -2.81. The summed E-state index contributed by atoms with van der Waals surface area (Å²) < 4.78 is 294. The number of rotatable bonds is 8. The molecule has 0 aliphatic heterocycles. The Balaban J connectivity index is 0.000000445. The molecular weight excluding hydrogens is 887 g/mol. The molecule has 0 spiro atoms. The summed E-state index contributed by atoms with van der Waals surface area (Å²) in [6.45, 7) is 1.49. The van der Waals surface area contributed by atoms with Gasteiger partial charge in [0.15, 0.2) is 81.3 Å². The Morgan fingerprint density at radius 2 is 0.583 bits per heavy atom. The molecule has 0 saturated heterocycles. The van der Waals surface area contributed by atoms with Crippen molar-refractivity contribution in [2.75, 3.05) is 18.3 Å². The third-order valence-electron chi connectivity index (χ3n) is 8.73. The van der Waals surface area contributed by atoms with Crippen molar-refractivity contribution in [1.29, 1.82) is 0 Å². The molecular formula is C36H15BF20O2S. The average molecular weight is 902 g/mol. The van der Waals surface area contributed by atoms with Crippen LogP contribution in [0.3, 0.4) is 0 Å². The fourth-order valence-electron chi connectivity index (χ4n) is 6.25. The number of carbonyl (C=O) groups is 2. The first-order chi connectivity index (χ1) is 27.7. The number of ketones is 2. The predicted molar refractivity (Wildman–Crippen MR) is 174 cm³/mol. The van der Waals surface area contributed by atoms with E-state index in [1.54, 1.807) is 24.3 Å². The Morgan fingerprint density at radius 1 is 0.383 bits per heavy atom. The zero-order valence-electron chi connectivity index (χ0n) is 29.4. The monoisotopic (exact) mass is 902 g/mol. The average Bonchev–Trinajstić information content (AvgIpc) is 3.20. The van der Waals surface area contributed by atoms with Crippen molar-refractivity contribution < 1.29 is 97.4 Å². The standard InChI is InChI=1S/C24BF20.C12H15O2S/c26-5-1(6(27)14(35)21(42)13(5)34)25(2-7(28)15(36)22(43)16(37)8(2)29,3-9(30)17(38)23(44)18(39)10(3)31)4-11(32)19(40)24(45)20(41)12(4)33;1-9(13)10-6-4-5-7-11(10)12(14)8-15(2)3/h;4-7H,8H2,1-3H3/q-1;+1. The highest BCUT2D eigenvalue weighted by atomic mass is 32.2. The van der Waals surface area contributed by atoms with Gasteiger partial charge in [0, 0.05) is 11.1 Å². The fraction of sp³-hybridized carbons (Fsp3) is 0.111. The molecule has 0 aliphatic rings. The van der Waals surface area contributed by atoms with Gasteiger partial charge < -0.3 is 0 Å². The predicted octanol–water partition coefficient (Wildman–Crippen LogP) is 7.80. The zero-order valence-corrected chi connectivity index (χ0v) is 30.2. The second-order valence-electron chi connectivity index (χ2n) is 12.5. The van der Waals surface area contributed by atoms with E-state index in [1.165, 1.54) is 6.92 Å². The lowest BCUT2D eigenvalue weighted by Gasteiger charge is -2.44. The van der Waals surface area contributed by atoms with E-state index in [1.807, 2.05) is 12.5 Å². The maximum atomic E-state index is 15.4. The van der Waals surface area contributed by atoms with Crippen molar-refractivity contribution in [3.63, 3.8) is 0 Å². The van der Waals surface area contributed by atoms with Gasteiger partial charge in [-0.25, -0.2) is 87.8 Å². The molecule has 24 heteroatoms. The van der Waals surface area contributed by atoms with Gasteiger partial charge in [-0.05, 0) is 17.8 Å². The van der Waals surface area contributed by atoms with Crippen LogP contribution in [0.15, 0.2) is 24.3 Å². The second kappa shape index (κ2) is 17.2. The first-order valence-electron chi connectivity index (χ1n) is 15.6. The van der Waals surface area contributed by atoms with Crippen LogP contribution in [0, 0.1) is 116 Å². The van der Waals surface area contributed by atoms with Gasteiger partial charge in [0.05, 0.1) is 12.5 Å². The molecule has 0 saturated carbocycles. The molecule has 60 heavy (non-hydrogen) atoms. The number of carbonyl (C=O) groups excluding carboxylic acids is 2. The second-order valence-corrected chi connectivity index (χ2v) is 14.7. The molecule has 0 aromatic heterocycles. The van der Waals surface area contributed by atoms with Crippen LogP contribution in [0.5, 0.6) is 0 Å². The van der Waals surface area contributed by atoms with Crippen molar-refractivity contribution in [1.82, 2.24) is 0 Å². The Bertz CT molecular complexity index is 2230. The maximum absolute atomic E-state index is 15.4. The number of hydrogen-bond donors (Lipinski definition) is 0. The molecule has 0 heterocycles. The minimum Gasteiger partial charge on any atom is -0.294 e. The zero-order chi connectivity index (χ0) is 45.8. The number of Topliss-reactive ketones (excluding diaryl/α,β-unsaturated/α-hetero) is 2. The van der Waals surface area contributed by atoms with Gasteiger partial charge >= 0.3 is 0 Å². The molecule has 5 aromatic rings. The number of halogens is 20.